The highest BCUT2D eigenvalue weighted by molar-refractivity contribution is 6.38. The van der Waals surface area contributed by atoms with E-state index in [1.807, 2.05) is 0 Å². The van der Waals surface area contributed by atoms with E-state index in [9.17, 15) is 19.5 Å². The van der Waals surface area contributed by atoms with Gasteiger partial charge in [0.25, 0.3) is 0 Å². The number of aliphatic carboxylic acids is 1. The summed E-state index contributed by atoms with van der Waals surface area (Å²) in [4.78, 5) is 37.4. The van der Waals surface area contributed by atoms with Crippen LogP contribution in [0.1, 0.15) is 39.0 Å². The fourth-order valence-corrected chi connectivity index (χ4v) is 3.66. The fourth-order valence-electron chi connectivity index (χ4n) is 3.66. The molecule has 0 bridgehead atoms. The van der Waals surface area contributed by atoms with Gasteiger partial charge in [-0.25, -0.2) is 9.59 Å². The molecule has 1 radical (unpaired) electrons. The molecule has 127 valence electrons. The summed E-state index contributed by atoms with van der Waals surface area (Å²) in [6, 6.07) is -1.66. The zero-order chi connectivity index (χ0) is 17.0. The van der Waals surface area contributed by atoms with Gasteiger partial charge in [-0.1, -0.05) is 26.1 Å². The third-order valence-corrected chi connectivity index (χ3v) is 4.83. The molecule has 0 spiro atoms. The Kier molecular flexibility index (Phi) is 5.90. The van der Waals surface area contributed by atoms with Gasteiger partial charge in [-0.2, -0.15) is 0 Å². The van der Waals surface area contributed by atoms with Crippen LogP contribution in [-0.4, -0.2) is 60.5 Å². The zero-order valence-corrected chi connectivity index (χ0v) is 13.7. The second-order valence-corrected chi connectivity index (χ2v) is 6.18. The van der Waals surface area contributed by atoms with E-state index in [2.05, 4.69) is 17.3 Å². The van der Waals surface area contributed by atoms with Gasteiger partial charge in [-0.3, -0.25) is 4.79 Å². The molecule has 0 saturated carbocycles. The molecule has 4 unspecified atom stereocenters. The predicted molar refractivity (Wildman–Crippen MR) is 84.5 cm³/mol. The number of likely N-dealkylation sites (tertiary alicyclic amines) is 1. The topological polar surface area (TPSA) is 95.9 Å². The van der Waals surface area contributed by atoms with Gasteiger partial charge >= 0.3 is 12.1 Å². The second kappa shape index (κ2) is 7.70. The summed E-state index contributed by atoms with van der Waals surface area (Å²) in [5, 5.41) is 12.0. The highest BCUT2D eigenvalue weighted by Crippen LogP contribution is 2.40. The van der Waals surface area contributed by atoms with E-state index < -0.39 is 24.1 Å². The first kappa shape index (κ1) is 17.6. The van der Waals surface area contributed by atoms with Crippen LogP contribution in [0.15, 0.2) is 0 Å². The number of rotatable bonds is 4. The zero-order valence-electron chi connectivity index (χ0n) is 13.7. The lowest BCUT2D eigenvalue weighted by atomic mass is 9.59. The molecule has 2 aliphatic rings. The Balaban J connectivity index is 2.21. The van der Waals surface area contributed by atoms with Crippen molar-refractivity contribution in [3.05, 3.63) is 0 Å². The van der Waals surface area contributed by atoms with Crippen LogP contribution in [0.3, 0.4) is 0 Å². The van der Waals surface area contributed by atoms with Crippen molar-refractivity contribution >= 4 is 25.2 Å². The van der Waals surface area contributed by atoms with Crippen molar-refractivity contribution in [2.45, 2.75) is 69.3 Å². The van der Waals surface area contributed by atoms with Gasteiger partial charge in [0, 0.05) is 6.04 Å². The smallest absolute Gasteiger partial charge is 0.407 e. The third kappa shape index (κ3) is 3.79. The van der Waals surface area contributed by atoms with Crippen molar-refractivity contribution in [1.29, 1.82) is 0 Å². The molecule has 23 heavy (non-hydrogen) atoms. The van der Waals surface area contributed by atoms with Gasteiger partial charge in [0.15, 0.2) is 0 Å². The number of nitrogens with one attached hydrogen (secondary N) is 1. The average molecular weight is 323 g/mol. The van der Waals surface area contributed by atoms with Crippen molar-refractivity contribution in [3.63, 3.8) is 0 Å². The maximum Gasteiger partial charge on any atom is 0.407 e. The van der Waals surface area contributed by atoms with Crippen molar-refractivity contribution in [2.75, 3.05) is 7.11 Å². The summed E-state index contributed by atoms with van der Waals surface area (Å²) in [6.07, 6.45) is 4.00. The molecule has 4 atom stereocenters. The van der Waals surface area contributed by atoms with Gasteiger partial charge < -0.3 is 20.1 Å². The van der Waals surface area contributed by atoms with Crippen molar-refractivity contribution in [2.24, 2.45) is 0 Å². The maximum absolute atomic E-state index is 12.9. The lowest BCUT2D eigenvalue weighted by Gasteiger charge is -2.32. The maximum atomic E-state index is 12.9. The summed E-state index contributed by atoms with van der Waals surface area (Å²) in [5.41, 5.74) is 0. The van der Waals surface area contributed by atoms with Crippen LogP contribution in [0.5, 0.6) is 0 Å². The number of alkyl carbamates (subject to hydrolysis) is 1. The molecular formula is C15H24BN2O5. The lowest BCUT2D eigenvalue weighted by molar-refractivity contribution is -0.150. The Morgan fingerprint density at radius 3 is 2.74 bits per heavy atom. The second-order valence-electron chi connectivity index (χ2n) is 6.18. The van der Waals surface area contributed by atoms with E-state index in [1.165, 1.54) is 12.0 Å². The van der Waals surface area contributed by atoms with Crippen LogP contribution in [0, 0.1) is 0 Å². The lowest BCUT2D eigenvalue weighted by Crippen LogP contribution is -2.54. The van der Waals surface area contributed by atoms with E-state index in [1.54, 1.807) is 6.92 Å². The first-order valence-corrected chi connectivity index (χ1v) is 8.22. The SMILES string of the molecule is CCC(NC(=O)OC)C(=O)N1C(C(=O)O)CC2[B]CCCCC21. The van der Waals surface area contributed by atoms with Gasteiger partial charge in [0.1, 0.15) is 19.4 Å². The first-order chi connectivity index (χ1) is 11.0. The average Bonchev–Trinajstić information content (AvgIpc) is 2.75. The quantitative estimate of drug-likeness (QED) is 0.760. The number of methoxy groups -OCH3 is 1. The monoisotopic (exact) mass is 323 g/mol. The molecule has 8 heteroatoms. The minimum atomic E-state index is -0.979. The summed E-state index contributed by atoms with van der Waals surface area (Å²) < 4.78 is 4.55. The Labute approximate surface area is 137 Å². The first-order valence-electron chi connectivity index (χ1n) is 8.22. The van der Waals surface area contributed by atoms with Crippen molar-refractivity contribution < 1.29 is 24.2 Å². The Morgan fingerprint density at radius 1 is 1.39 bits per heavy atom. The van der Waals surface area contributed by atoms with Crippen LogP contribution in [0.4, 0.5) is 4.79 Å². The van der Waals surface area contributed by atoms with Gasteiger partial charge in [0.05, 0.1) is 7.11 Å². The Bertz CT molecular complexity index is 473. The number of carboxylic acid groups (broad SMARTS) is 1. The number of nitrogens with zero attached hydrogens (tertiary/aromatic N) is 1. The molecule has 2 aliphatic heterocycles. The van der Waals surface area contributed by atoms with Crippen LogP contribution in [0.2, 0.25) is 12.1 Å². The number of carboxylic acids is 1. The van der Waals surface area contributed by atoms with Crippen LogP contribution in [-0.2, 0) is 14.3 Å². The predicted octanol–water partition coefficient (Wildman–Crippen LogP) is 1.27. The Hall–Kier alpha value is -1.73. The van der Waals surface area contributed by atoms with E-state index in [-0.39, 0.29) is 17.8 Å². The molecule has 2 amide bonds. The van der Waals surface area contributed by atoms with Crippen LogP contribution >= 0.6 is 0 Å². The molecule has 2 rings (SSSR count). The molecule has 2 N–H and O–H groups in total. The Morgan fingerprint density at radius 2 is 2.13 bits per heavy atom. The van der Waals surface area contributed by atoms with E-state index in [0.29, 0.717) is 12.8 Å². The summed E-state index contributed by atoms with van der Waals surface area (Å²) in [7, 11) is 3.40. The number of hydrogen-bond donors (Lipinski definition) is 2. The van der Waals surface area contributed by atoms with Gasteiger partial charge in [0.2, 0.25) is 5.91 Å². The fraction of sp³-hybridized carbons (Fsp3) is 0.800. The normalized spacial score (nSPS) is 28.1. The van der Waals surface area contributed by atoms with Crippen LogP contribution < -0.4 is 5.32 Å². The van der Waals surface area contributed by atoms with Gasteiger partial charge in [-0.05, 0) is 25.1 Å². The minimum absolute atomic E-state index is 0.0837. The molecule has 7 nitrogen and oxygen atoms in total. The molecular weight excluding hydrogens is 299 g/mol. The van der Waals surface area contributed by atoms with E-state index in [0.717, 1.165) is 25.6 Å². The molecule has 2 heterocycles. The number of carbonyl (C=O) groups is 3. The molecule has 0 aromatic rings. The molecule has 0 aliphatic carbocycles. The summed E-state index contributed by atoms with van der Waals surface area (Å²) in [5.74, 6) is -1.18. The molecule has 0 aromatic carbocycles. The standard InChI is InChI=1S/C15H24BN2O5/c1-3-10(17-15(22)23-2)13(19)18-11-6-4-5-7-16-9(11)8-12(18)14(20)21/h9-12H,3-8H2,1-2H3,(H,17,22)(H,20,21). The number of fused-ring (bicyclic) bond motifs is 1. The van der Waals surface area contributed by atoms with E-state index >= 15 is 0 Å². The molecule has 2 fully saturated rings. The van der Waals surface area contributed by atoms with Crippen molar-refractivity contribution in [3.8, 4) is 0 Å². The minimum Gasteiger partial charge on any atom is -0.480 e. The largest absolute Gasteiger partial charge is 0.480 e. The van der Waals surface area contributed by atoms with E-state index in [4.69, 9.17) is 0 Å². The molecule has 2 saturated heterocycles. The highest BCUT2D eigenvalue weighted by atomic mass is 16.5. The third-order valence-electron chi connectivity index (χ3n) is 4.83. The number of ether oxygens (including phenoxy) is 1. The highest BCUT2D eigenvalue weighted by Gasteiger charge is 2.48. The number of amides is 2. The number of hydrogen-bond acceptors (Lipinski definition) is 4. The van der Waals surface area contributed by atoms with Crippen molar-refractivity contribution in [1.82, 2.24) is 10.2 Å². The van der Waals surface area contributed by atoms with Crippen LogP contribution in [0.25, 0.3) is 0 Å². The summed E-state index contributed by atoms with van der Waals surface area (Å²) >= 11 is 0. The number of carbonyl (C=O) groups excluding carboxylic acids is 2. The molecule has 0 aromatic heterocycles. The van der Waals surface area contributed by atoms with Gasteiger partial charge in [-0.15, -0.1) is 0 Å². The summed E-state index contributed by atoms with van der Waals surface area (Å²) in [6.45, 7) is 1.78.